The molecule has 0 bridgehead atoms. The van der Waals surface area contributed by atoms with Crippen molar-refractivity contribution >= 4 is 74.6 Å². The maximum absolute atomic E-state index is 15.0. The number of rotatable bonds is 5. The highest BCUT2D eigenvalue weighted by Gasteiger charge is 2.54. The average molecular weight is 521 g/mol. The molecule has 0 saturated carbocycles. The highest BCUT2D eigenvalue weighted by molar-refractivity contribution is 6.43. The number of hydrogen-bond donors (Lipinski definition) is 1. The van der Waals surface area contributed by atoms with Gasteiger partial charge >= 0.3 is 5.92 Å². The van der Waals surface area contributed by atoms with Gasteiger partial charge in [-0.1, -0.05) is 35.9 Å². The summed E-state index contributed by atoms with van der Waals surface area (Å²) >= 11 is 5.78. The van der Waals surface area contributed by atoms with Gasteiger partial charge in [0.1, 0.15) is 31.4 Å². The number of nitrogens with one attached hydrogen (secondary N) is 1. The molecule has 2 aromatic carbocycles. The number of carbonyl (C=O) groups excluding carboxylic acids is 4. The molecule has 2 aromatic rings. The number of carbonyl (C=O) groups is 4. The van der Waals surface area contributed by atoms with Crippen LogP contribution in [0, 0.1) is 0 Å². The zero-order valence-corrected chi connectivity index (χ0v) is 21.9. The minimum absolute atomic E-state index is 0.114. The molecule has 7 nitrogen and oxygen atoms in total. The lowest BCUT2D eigenvalue weighted by molar-refractivity contribution is -0.154. The molecule has 15 heteroatoms. The Bertz CT molecular complexity index is 1320. The van der Waals surface area contributed by atoms with Gasteiger partial charge in [0.25, 0.3) is 11.8 Å². The van der Waals surface area contributed by atoms with Crippen LogP contribution in [0.3, 0.4) is 0 Å². The molecule has 37 heavy (non-hydrogen) atoms. The first-order valence-corrected chi connectivity index (χ1v) is 12.3. The first kappa shape index (κ1) is 27.0. The van der Waals surface area contributed by atoms with Crippen LogP contribution in [0.4, 0.5) is 8.78 Å². The standard InChI is InChI=1S/C22H23B5ClF2N3O4/c23-14-15(24)21(26,19(36)31-17(14)34)32-8-10-7-9(1-6-13(10)18(32)35)16(25)33(27)20(37)22(29,30)11-2-4-12(28)5-3-11/h1-7,14-16H,8,23-27H2,(H,31,34,36)/t14?,15?,16?,21-/m1/s1. The Morgan fingerprint density at radius 1 is 1.16 bits per heavy atom. The summed E-state index contributed by atoms with van der Waals surface area (Å²) in [6.07, 6.45) is 0. The number of alkyl halides is 2. The first-order valence-electron chi connectivity index (χ1n) is 11.9. The summed E-state index contributed by atoms with van der Waals surface area (Å²) in [5, 5.41) is 2.65. The van der Waals surface area contributed by atoms with Gasteiger partial charge in [-0.3, -0.25) is 24.5 Å². The van der Waals surface area contributed by atoms with Crippen LogP contribution >= 0.6 is 11.6 Å². The van der Waals surface area contributed by atoms with E-state index in [9.17, 15) is 28.0 Å². The van der Waals surface area contributed by atoms with Gasteiger partial charge in [-0.25, -0.2) is 0 Å². The second-order valence-electron chi connectivity index (χ2n) is 10.0. The van der Waals surface area contributed by atoms with Crippen LogP contribution in [0.25, 0.3) is 0 Å². The number of imide groups is 1. The van der Waals surface area contributed by atoms with Crippen molar-refractivity contribution in [2.75, 3.05) is 0 Å². The number of amides is 4. The number of hydrogen-bond acceptors (Lipinski definition) is 4. The fourth-order valence-corrected chi connectivity index (χ4v) is 5.15. The lowest BCUT2D eigenvalue weighted by Gasteiger charge is -2.47. The fraction of sp³-hybridized carbons (Fsp3) is 0.273. The summed E-state index contributed by atoms with van der Waals surface area (Å²) in [5.41, 5.74) is -0.140. The quantitative estimate of drug-likeness (QED) is 0.362. The van der Waals surface area contributed by atoms with Crippen molar-refractivity contribution in [3.8, 4) is 0 Å². The molecule has 4 amide bonds. The minimum Gasteiger partial charge on any atom is -0.389 e. The molecule has 1 saturated heterocycles. The maximum Gasteiger partial charge on any atom is 0.348 e. The Morgan fingerprint density at radius 3 is 2.41 bits per heavy atom. The van der Waals surface area contributed by atoms with Gasteiger partial charge < -0.3 is 9.71 Å². The van der Waals surface area contributed by atoms with Crippen molar-refractivity contribution in [3.63, 3.8) is 0 Å². The average Bonchev–Trinajstić information content (AvgIpc) is 3.21. The molecule has 4 atom stereocenters. The molecule has 0 radical (unpaired) electrons. The van der Waals surface area contributed by atoms with Crippen molar-refractivity contribution in [1.82, 2.24) is 15.0 Å². The topological polar surface area (TPSA) is 86.8 Å². The van der Waals surface area contributed by atoms with Gasteiger partial charge in [-0.05, 0) is 35.1 Å². The Balaban J connectivity index is 1.58. The van der Waals surface area contributed by atoms with E-state index >= 15 is 0 Å². The number of halogens is 3. The highest BCUT2D eigenvalue weighted by atomic mass is 35.5. The Hall–Kier alpha value is -3.01. The number of fused-ring (bicyclic) bond motifs is 1. The molecule has 2 aliphatic rings. The number of nitrogens with zero attached hydrogens (tertiary/aromatic N) is 2. The van der Waals surface area contributed by atoms with Crippen molar-refractivity contribution in [2.45, 2.75) is 35.5 Å². The molecular weight excluding hydrogens is 498 g/mol. The van der Waals surface area contributed by atoms with E-state index in [1.54, 1.807) is 49.6 Å². The Labute approximate surface area is 222 Å². The lowest BCUT2D eigenvalue weighted by Crippen LogP contribution is -2.67. The third kappa shape index (κ3) is 4.29. The first-order chi connectivity index (χ1) is 17.2. The normalized spacial score (nSPS) is 24.4. The molecule has 1 fully saturated rings. The summed E-state index contributed by atoms with van der Waals surface area (Å²) in [6, 6.07) is 9.74. The van der Waals surface area contributed by atoms with Crippen molar-refractivity contribution in [3.05, 3.63) is 69.7 Å². The van der Waals surface area contributed by atoms with Crippen LogP contribution in [0.5, 0.6) is 0 Å². The summed E-state index contributed by atoms with van der Waals surface area (Å²) < 4.78 is 29.9. The summed E-state index contributed by atoms with van der Waals surface area (Å²) in [6.45, 7) is 0.114. The molecule has 0 aromatic heterocycles. The molecule has 0 spiro atoms. The molecule has 3 unspecified atom stereocenters. The van der Waals surface area contributed by atoms with Crippen molar-refractivity contribution in [1.29, 1.82) is 0 Å². The molecule has 2 aliphatic heterocycles. The van der Waals surface area contributed by atoms with E-state index in [-0.39, 0.29) is 23.4 Å². The highest BCUT2D eigenvalue weighted by Crippen LogP contribution is 2.41. The molecule has 2 heterocycles. The zero-order chi connectivity index (χ0) is 27.4. The van der Waals surface area contributed by atoms with E-state index in [0.717, 1.165) is 16.9 Å². The van der Waals surface area contributed by atoms with Gasteiger partial charge in [0.15, 0.2) is 0 Å². The summed E-state index contributed by atoms with van der Waals surface area (Å²) in [5.74, 6) is -8.03. The molecule has 1 N–H and O–H groups in total. The second-order valence-corrected chi connectivity index (χ2v) is 10.5. The van der Waals surface area contributed by atoms with E-state index < -0.39 is 46.3 Å². The SMILES string of the molecule is BC1C(=O)NC(=O)[C@](B)(N2Cc3cc(C(B)N(B)C(=O)C(F)(F)c4ccc(Cl)cc4)ccc3C2=O)C1B. The Kier molecular flexibility index (Phi) is 6.86. The van der Waals surface area contributed by atoms with Crippen molar-refractivity contribution in [2.24, 2.45) is 0 Å². The molecule has 0 aliphatic carbocycles. The van der Waals surface area contributed by atoms with E-state index in [4.69, 9.17) is 11.6 Å². The maximum atomic E-state index is 15.0. The lowest BCUT2D eigenvalue weighted by atomic mass is 9.48. The Morgan fingerprint density at radius 2 is 1.78 bits per heavy atom. The predicted molar refractivity (Wildman–Crippen MR) is 147 cm³/mol. The third-order valence-electron chi connectivity index (χ3n) is 8.10. The van der Waals surface area contributed by atoms with Crippen LogP contribution in [-0.4, -0.2) is 78.1 Å². The van der Waals surface area contributed by atoms with Crippen LogP contribution in [0.2, 0.25) is 16.7 Å². The monoisotopic (exact) mass is 521 g/mol. The van der Waals surface area contributed by atoms with E-state index in [1.165, 1.54) is 25.0 Å². The molecule has 186 valence electrons. The number of piperidine rings is 1. The number of benzene rings is 2. The van der Waals surface area contributed by atoms with Gasteiger partial charge in [0.05, 0.1) is 5.44 Å². The smallest absolute Gasteiger partial charge is 0.348 e. The largest absolute Gasteiger partial charge is 0.389 e. The van der Waals surface area contributed by atoms with Crippen LogP contribution in [0.1, 0.15) is 33.0 Å². The van der Waals surface area contributed by atoms with Crippen molar-refractivity contribution < 1.29 is 28.0 Å². The molecular formula is C22H23B5ClF2N3O4. The van der Waals surface area contributed by atoms with Gasteiger partial charge in [-0.15, -0.1) is 0 Å². The third-order valence-corrected chi connectivity index (χ3v) is 8.35. The van der Waals surface area contributed by atoms with Crippen LogP contribution < -0.4 is 5.32 Å². The summed E-state index contributed by atoms with van der Waals surface area (Å²) in [4.78, 5) is 53.5. The van der Waals surface area contributed by atoms with Crippen LogP contribution in [0.15, 0.2) is 42.5 Å². The predicted octanol–water partition coefficient (Wildman–Crippen LogP) is -2.07. The second kappa shape index (κ2) is 9.38. The zero-order valence-electron chi connectivity index (χ0n) is 21.1. The minimum atomic E-state index is -3.76. The van der Waals surface area contributed by atoms with Gasteiger partial charge in [0.2, 0.25) is 19.8 Å². The van der Waals surface area contributed by atoms with E-state index in [1.807, 2.05) is 0 Å². The summed E-state index contributed by atoms with van der Waals surface area (Å²) in [7, 11) is 8.05. The van der Waals surface area contributed by atoms with E-state index in [2.05, 4.69) is 5.32 Å². The van der Waals surface area contributed by atoms with Gasteiger partial charge in [-0.2, -0.15) is 8.78 Å². The fourth-order valence-electron chi connectivity index (χ4n) is 5.02. The van der Waals surface area contributed by atoms with Gasteiger partial charge in [0, 0.05) is 34.5 Å². The molecule has 4 rings (SSSR count). The van der Waals surface area contributed by atoms with Crippen LogP contribution in [-0.2, 0) is 26.9 Å². The van der Waals surface area contributed by atoms with E-state index in [0.29, 0.717) is 16.7 Å².